The Morgan fingerprint density at radius 2 is 1.48 bits per heavy atom. The van der Waals surface area contributed by atoms with E-state index in [0.717, 1.165) is 56.3 Å². The van der Waals surface area contributed by atoms with E-state index in [1.807, 2.05) is 61.5 Å². The number of hydrogen-bond acceptors (Lipinski definition) is 13. The summed E-state index contributed by atoms with van der Waals surface area (Å²) >= 11 is 0.927. The fraction of sp³-hybridized carbons (Fsp3) is 0.385. The number of aliphatic hydroxyl groups excluding tert-OH is 1. The van der Waals surface area contributed by atoms with Gasteiger partial charge in [-0.3, -0.25) is 24.0 Å². The molecule has 0 bridgehead atoms. The Labute approximate surface area is 317 Å². The highest BCUT2D eigenvalue weighted by Gasteiger charge is 2.58. The van der Waals surface area contributed by atoms with Crippen LogP contribution < -0.4 is 10.6 Å². The van der Waals surface area contributed by atoms with Gasteiger partial charge >= 0.3 is 23.9 Å². The fourth-order valence-corrected chi connectivity index (χ4v) is 7.26. The maximum Gasteiger partial charge on any atom is 0.349 e. The molecule has 0 aromatic heterocycles. The van der Waals surface area contributed by atoms with Crippen molar-refractivity contribution in [3.8, 4) is 11.1 Å². The van der Waals surface area contributed by atoms with Gasteiger partial charge in [0.05, 0.1) is 26.1 Å². The number of carbonyl (C=O) groups excluding carboxylic acids is 6. The Bertz CT molecular complexity index is 1790. The normalized spacial score (nSPS) is 20.4. The number of ether oxygens (including phenoxy) is 5. The highest BCUT2D eigenvalue weighted by Crippen LogP contribution is 2.46. The zero-order valence-corrected chi connectivity index (χ0v) is 31.4. The van der Waals surface area contributed by atoms with Crippen molar-refractivity contribution >= 4 is 47.5 Å². The lowest BCUT2D eigenvalue weighted by molar-refractivity contribution is -0.220. The Morgan fingerprint density at radius 1 is 0.852 bits per heavy atom. The van der Waals surface area contributed by atoms with Crippen LogP contribution in [0.1, 0.15) is 38.3 Å². The molecule has 1 saturated heterocycles. The average molecular weight is 765 g/mol. The molecular formula is C39H44N2O12S. The smallest absolute Gasteiger partial charge is 0.349 e. The second-order valence-corrected chi connectivity index (χ2v) is 13.9. The number of amides is 2. The molecule has 6 atom stereocenters. The minimum Gasteiger partial charge on any atom is -0.466 e. The molecule has 14 nitrogen and oxygen atoms in total. The molecule has 54 heavy (non-hydrogen) atoms. The largest absolute Gasteiger partial charge is 0.466 e. The molecule has 1 heterocycles. The van der Waals surface area contributed by atoms with Crippen molar-refractivity contribution < 1.29 is 57.6 Å². The number of nitrogens with one attached hydrogen (secondary N) is 2. The molecule has 0 unspecified atom stereocenters. The van der Waals surface area contributed by atoms with E-state index in [2.05, 4.69) is 10.6 Å². The number of esters is 4. The lowest BCUT2D eigenvalue weighted by Gasteiger charge is -2.48. The van der Waals surface area contributed by atoms with Gasteiger partial charge in [-0.25, -0.2) is 4.79 Å². The van der Waals surface area contributed by atoms with E-state index in [0.29, 0.717) is 10.5 Å². The molecular weight excluding hydrogens is 720 g/mol. The van der Waals surface area contributed by atoms with Crippen LogP contribution in [0.2, 0.25) is 0 Å². The Morgan fingerprint density at radius 3 is 2.06 bits per heavy atom. The number of thioether (sulfide) groups is 1. The van der Waals surface area contributed by atoms with Gasteiger partial charge in [-0.15, -0.1) is 0 Å². The van der Waals surface area contributed by atoms with E-state index < -0.39 is 84.2 Å². The number of carbonyl (C=O) groups is 6. The molecule has 15 heteroatoms. The first-order chi connectivity index (χ1) is 25.7. The zero-order valence-electron chi connectivity index (χ0n) is 30.6. The van der Waals surface area contributed by atoms with Crippen molar-refractivity contribution in [3.63, 3.8) is 0 Å². The molecule has 1 aliphatic heterocycles. The van der Waals surface area contributed by atoms with Gasteiger partial charge in [0.2, 0.25) is 16.7 Å². The summed E-state index contributed by atoms with van der Waals surface area (Å²) in [6.45, 7) is 3.80. The zero-order chi connectivity index (χ0) is 39.4. The van der Waals surface area contributed by atoms with Crippen LogP contribution >= 0.6 is 11.8 Å². The highest BCUT2D eigenvalue weighted by molar-refractivity contribution is 8.01. The summed E-state index contributed by atoms with van der Waals surface area (Å²) in [5.74, 6) is -4.76. The van der Waals surface area contributed by atoms with Gasteiger partial charge < -0.3 is 39.4 Å². The van der Waals surface area contributed by atoms with Crippen molar-refractivity contribution in [1.29, 1.82) is 0 Å². The lowest BCUT2D eigenvalue weighted by atomic mass is 9.89. The van der Waals surface area contributed by atoms with Crippen LogP contribution in [-0.2, 0) is 58.9 Å². The third kappa shape index (κ3) is 11.4. The van der Waals surface area contributed by atoms with Crippen LogP contribution in [0, 0.1) is 6.92 Å². The van der Waals surface area contributed by atoms with Crippen LogP contribution in [0.3, 0.4) is 0 Å². The number of hydrogen-bond donors (Lipinski definition) is 3. The summed E-state index contributed by atoms with van der Waals surface area (Å²) in [6.07, 6.45) is -6.46. The first-order valence-corrected chi connectivity index (χ1v) is 17.9. The van der Waals surface area contributed by atoms with Gasteiger partial charge in [0.1, 0.15) is 18.8 Å². The van der Waals surface area contributed by atoms with Crippen molar-refractivity contribution in [1.82, 2.24) is 10.6 Å². The third-order valence-corrected chi connectivity index (χ3v) is 9.64. The van der Waals surface area contributed by atoms with E-state index >= 15 is 0 Å². The molecule has 4 rings (SSSR count). The van der Waals surface area contributed by atoms with Crippen LogP contribution in [0.15, 0.2) is 83.8 Å². The Kier molecular flexibility index (Phi) is 14.7. The molecule has 0 spiro atoms. The van der Waals surface area contributed by atoms with E-state index in [9.17, 15) is 33.9 Å². The van der Waals surface area contributed by atoms with Crippen molar-refractivity contribution in [3.05, 3.63) is 90.0 Å². The maximum atomic E-state index is 13.7. The first kappa shape index (κ1) is 41.5. The van der Waals surface area contributed by atoms with Gasteiger partial charge in [0.15, 0.2) is 12.2 Å². The quantitative estimate of drug-likeness (QED) is 0.151. The van der Waals surface area contributed by atoms with E-state index in [1.165, 1.54) is 0 Å². The summed E-state index contributed by atoms with van der Waals surface area (Å²) < 4.78 is 28.7. The molecule has 2 amide bonds. The molecule has 3 aromatic carbocycles. The predicted molar refractivity (Wildman–Crippen MR) is 196 cm³/mol. The monoisotopic (exact) mass is 764 g/mol. The fourth-order valence-electron chi connectivity index (χ4n) is 6.03. The van der Waals surface area contributed by atoms with Gasteiger partial charge in [0, 0.05) is 32.1 Å². The molecule has 1 fully saturated rings. The third-order valence-electron chi connectivity index (χ3n) is 8.38. The van der Waals surface area contributed by atoms with E-state index in [1.54, 1.807) is 24.3 Å². The first-order valence-electron chi connectivity index (χ1n) is 17.1. The van der Waals surface area contributed by atoms with Crippen LogP contribution in [0.4, 0.5) is 0 Å². The van der Waals surface area contributed by atoms with Gasteiger partial charge in [-0.1, -0.05) is 84.1 Å². The Hall–Kier alpha value is -5.25. The number of methoxy groups -OCH3 is 1. The summed E-state index contributed by atoms with van der Waals surface area (Å²) in [6, 6.07) is 22.8. The minimum atomic E-state index is -1.98. The second-order valence-electron chi connectivity index (χ2n) is 12.6. The molecule has 0 saturated carbocycles. The molecule has 0 radical (unpaired) electrons. The SMILES string of the molecule is COC(=O)[C@@]1(Sc2ccc(C)cc2)C[C@H](OC(C)=O)[C@@H](NC(=O)CO)[C@H]([C@H](OC(C)=O)[C@@H](CNC(=O)Cc2ccc(-c3ccccc3)cc2)OC(C)=O)O1. The van der Waals surface area contributed by atoms with E-state index in [-0.39, 0.29) is 12.8 Å². The molecule has 0 aliphatic carbocycles. The summed E-state index contributed by atoms with van der Waals surface area (Å²) in [7, 11) is 1.13. The lowest BCUT2D eigenvalue weighted by Crippen LogP contribution is -2.68. The Balaban J connectivity index is 1.71. The average Bonchev–Trinajstić information content (AvgIpc) is 3.14. The van der Waals surface area contributed by atoms with Crippen LogP contribution in [-0.4, -0.2) is 96.5 Å². The van der Waals surface area contributed by atoms with E-state index in [4.69, 9.17) is 23.7 Å². The van der Waals surface area contributed by atoms with Crippen molar-refractivity contribution in [2.45, 2.75) is 80.8 Å². The van der Waals surface area contributed by atoms with Crippen molar-refractivity contribution in [2.75, 3.05) is 20.3 Å². The molecule has 288 valence electrons. The summed E-state index contributed by atoms with van der Waals surface area (Å²) in [5.41, 5.74) is 3.60. The number of rotatable bonds is 15. The van der Waals surface area contributed by atoms with Crippen LogP contribution in [0.5, 0.6) is 0 Å². The number of benzene rings is 3. The second kappa shape index (κ2) is 19.2. The standard InChI is InChI=1S/C39H44N2O12S/c1-23-11-17-30(18-12-23)54-39(38(48)49-5)20-31(50-24(2)43)35(41-34(47)22-42)37(53-39)36(52-26(4)45)32(51-25(3)44)21-40-33(46)19-27-13-15-29(16-14-27)28-9-7-6-8-10-28/h6-18,31-32,35-37,42H,19-22H2,1-5H3,(H,40,46)(H,41,47)/t31-,32+,35+,36+,37+,39-/m0/s1. The molecule has 3 aromatic rings. The predicted octanol–water partition coefficient (Wildman–Crippen LogP) is 3.04. The molecule has 3 N–H and O–H groups in total. The number of aryl methyl sites for hydroxylation is 1. The van der Waals surface area contributed by atoms with Crippen molar-refractivity contribution in [2.24, 2.45) is 0 Å². The summed E-state index contributed by atoms with van der Waals surface area (Å²) in [4.78, 5) is 75.9. The summed E-state index contributed by atoms with van der Waals surface area (Å²) in [5, 5.41) is 14.9. The highest BCUT2D eigenvalue weighted by atomic mass is 32.2. The topological polar surface area (TPSA) is 193 Å². The maximum absolute atomic E-state index is 13.7. The number of aliphatic hydroxyl groups is 1. The molecule has 1 aliphatic rings. The van der Waals surface area contributed by atoms with Gasteiger partial charge in [0.25, 0.3) is 0 Å². The van der Waals surface area contributed by atoms with Crippen LogP contribution in [0.25, 0.3) is 11.1 Å². The minimum absolute atomic E-state index is 0.0532. The van der Waals surface area contributed by atoms with Gasteiger partial charge in [-0.2, -0.15) is 0 Å². The van der Waals surface area contributed by atoms with Gasteiger partial charge in [-0.05, 0) is 35.7 Å².